The van der Waals surface area contributed by atoms with Crippen LogP contribution in [0.1, 0.15) is 38.5 Å². The number of nitrogens with two attached hydrogens (primary N) is 1. The Balaban J connectivity index is 1.72. The van der Waals surface area contributed by atoms with E-state index in [1.54, 1.807) is 18.0 Å². The van der Waals surface area contributed by atoms with Gasteiger partial charge in [0.2, 0.25) is 5.91 Å². The zero-order valence-electron chi connectivity index (χ0n) is 11.8. The van der Waals surface area contributed by atoms with Crippen molar-refractivity contribution in [3.8, 4) is 0 Å². The molecule has 4 nitrogen and oxygen atoms in total. The third-order valence-electron chi connectivity index (χ3n) is 4.24. The van der Waals surface area contributed by atoms with Gasteiger partial charge in [0.1, 0.15) is 5.03 Å². The number of carbonyl (C=O) groups excluding carboxylic acids is 1. The topological polar surface area (TPSA) is 68.0 Å². The fraction of sp³-hybridized carbons (Fsp3) is 0.600. The Kier molecular flexibility index (Phi) is 4.43. The Bertz CT molecular complexity index is 537. The Morgan fingerprint density at radius 1 is 1.48 bits per heavy atom. The molecular formula is C15H20ClN3OS. The number of aromatic nitrogens is 1. The second kappa shape index (κ2) is 6.15. The van der Waals surface area contributed by atoms with Crippen LogP contribution in [0.2, 0.25) is 5.02 Å². The predicted molar refractivity (Wildman–Crippen MR) is 85.4 cm³/mol. The number of rotatable bonds is 5. The van der Waals surface area contributed by atoms with E-state index in [-0.39, 0.29) is 5.91 Å². The first-order chi connectivity index (χ1) is 10.1. The van der Waals surface area contributed by atoms with Crippen molar-refractivity contribution in [3.63, 3.8) is 0 Å². The lowest BCUT2D eigenvalue weighted by Crippen LogP contribution is -2.59. The molecule has 1 aromatic rings. The summed E-state index contributed by atoms with van der Waals surface area (Å²) in [5, 5.41) is 5.34. The van der Waals surface area contributed by atoms with Gasteiger partial charge in [-0.15, -0.1) is 11.8 Å². The Hall–Kier alpha value is -0.780. The van der Waals surface area contributed by atoms with Gasteiger partial charge in [-0.3, -0.25) is 4.79 Å². The van der Waals surface area contributed by atoms with Gasteiger partial charge in [-0.05, 0) is 50.7 Å². The minimum Gasteiger partial charge on any atom is -0.368 e. The number of primary amides is 1. The molecule has 114 valence electrons. The number of carbonyl (C=O) groups is 1. The van der Waals surface area contributed by atoms with Crippen LogP contribution in [0, 0.1) is 0 Å². The summed E-state index contributed by atoms with van der Waals surface area (Å²) in [5.41, 5.74) is 5.17. The first-order valence-electron chi connectivity index (χ1n) is 7.44. The molecule has 1 aromatic heterocycles. The van der Waals surface area contributed by atoms with Crippen molar-refractivity contribution in [1.82, 2.24) is 10.3 Å². The molecular weight excluding hydrogens is 306 g/mol. The van der Waals surface area contributed by atoms with E-state index in [9.17, 15) is 4.79 Å². The average molecular weight is 326 g/mol. The standard InChI is InChI=1S/C15H20ClN3OS/c16-12-4-2-8-18-13(12)21-11-3-1-7-15(9-11,14(17)20)19-10-5-6-10/h2,4,8,10-11,19H,1,3,5-7,9H2,(H2,17,20). The van der Waals surface area contributed by atoms with Crippen LogP contribution in [0.4, 0.5) is 0 Å². The molecule has 1 amide bonds. The molecule has 0 bridgehead atoms. The van der Waals surface area contributed by atoms with Crippen molar-refractivity contribution in [2.24, 2.45) is 5.73 Å². The van der Waals surface area contributed by atoms with Crippen LogP contribution in [0.15, 0.2) is 23.4 Å². The predicted octanol–water partition coefficient (Wildman–Crippen LogP) is 2.75. The molecule has 0 aliphatic heterocycles. The maximum atomic E-state index is 12.0. The zero-order valence-corrected chi connectivity index (χ0v) is 13.4. The lowest BCUT2D eigenvalue weighted by Gasteiger charge is -2.39. The quantitative estimate of drug-likeness (QED) is 0.873. The number of thioether (sulfide) groups is 1. The smallest absolute Gasteiger partial charge is 0.237 e. The van der Waals surface area contributed by atoms with Gasteiger partial charge in [-0.25, -0.2) is 4.98 Å². The van der Waals surface area contributed by atoms with E-state index in [1.807, 2.05) is 12.1 Å². The van der Waals surface area contributed by atoms with Crippen molar-refractivity contribution in [3.05, 3.63) is 23.4 Å². The first-order valence-corrected chi connectivity index (χ1v) is 8.70. The normalized spacial score (nSPS) is 29.3. The van der Waals surface area contributed by atoms with Crippen molar-refractivity contribution in [2.45, 2.75) is 60.4 Å². The molecule has 0 aromatic carbocycles. The number of nitrogens with one attached hydrogen (secondary N) is 1. The zero-order chi connectivity index (χ0) is 14.9. The molecule has 3 rings (SSSR count). The number of hydrogen-bond donors (Lipinski definition) is 2. The van der Waals surface area contributed by atoms with Gasteiger partial charge in [-0.1, -0.05) is 11.6 Å². The molecule has 2 saturated carbocycles. The second-order valence-electron chi connectivity index (χ2n) is 5.99. The molecule has 0 radical (unpaired) electrons. The molecule has 2 fully saturated rings. The maximum Gasteiger partial charge on any atom is 0.237 e. The van der Waals surface area contributed by atoms with Gasteiger partial charge in [-0.2, -0.15) is 0 Å². The van der Waals surface area contributed by atoms with Crippen LogP contribution in [-0.4, -0.2) is 27.7 Å². The van der Waals surface area contributed by atoms with Crippen LogP contribution in [0.5, 0.6) is 0 Å². The lowest BCUT2D eigenvalue weighted by molar-refractivity contribution is -0.125. The Morgan fingerprint density at radius 3 is 2.95 bits per heavy atom. The van der Waals surface area contributed by atoms with Gasteiger partial charge >= 0.3 is 0 Å². The van der Waals surface area contributed by atoms with Gasteiger partial charge in [0.25, 0.3) is 0 Å². The molecule has 0 spiro atoms. The molecule has 2 atom stereocenters. The fourth-order valence-corrected chi connectivity index (χ4v) is 4.51. The Morgan fingerprint density at radius 2 is 2.29 bits per heavy atom. The second-order valence-corrected chi connectivity index (χ2v) is 7.69. The number of halogens is 1. The van der Waals surface area contributed by atoms with E-state index >= 15 is 0 Å². The summed E-state index contributed by atoms with van der Waals surface area (Å²) in [6, 6.07) is 4.15. The van der Waals surface area contributed by atoms with E-state index in [0.29, 0.717) is 16.3 Å². The SMILES string of the molecule is NC(=O)C1(NC2CC2)CCCC(Sc2ncccc2Cl)C1. The third kappa shape index (κ3) is 3.52. The largest absolute Gasteiger partial charge is 0.368 e. The number of amides is 1. The molecule has 2 aliphatic carbocycles. The third-order valence-corrected chi connectivity index (χ3v) is 5.94. The molecule has 2 aliphatic rings. The highest BCUT2D eigenvalue weighted by Crippen LogP contribution is 2.40. The van der Waals surface area contributed by atoms with Crippen molar-refractivity contribution in [1.29, 1.82) is 0 Å². The maximum absolute atomic E-state index is 12.0. The summed E-state index contributed by atoms with van der Waals surface area (Å²) in [6.45, 7) is 0. The summed E-state index contributed by atoms with van der Waals surface area (Å²) in [7, 11) is 0. The first kappa shape index (κ1) is 15.1. The Labute approximate surface area is 134 Å². The fourth-order valence-electron chi connectivity index (χ4n) is 2.99. The monoisotopic (exact) mass is 325 g/mol. The lowest BCUT2D eigenvalue weighted by atomic mass is 9.80. The summed E-state index contributed by atoms with van der Waals surface area (Å²) in [5.74, 6) is -0.216. The molecule has 2 unspecified atom stereocenters. The van der Waals surface area contributed by atoms with Crippen molar-refractivity contribution < 1.29 is 4.79 Å². The van der Waals surface area contributed by atoms with Gasteiger partial charge in [0, 0.05) is 17.5 Å². The molecule has 6 heteroatoms. The number of pyridine rings is 1. The summed E-state index contributed by atoms with van der Waals surface area (Å²) in [4.78, 5) is 16.3. The van der Waals surface area contributed by atoms with Crippen LogP contribution < -0.4 is 11.1 Å². The van der Waals surface area contributed by atoms with Gasteiger partial charge in [0.15, 0.2) is 0 Å². The molecule has 3 N–H and O–H groups in total. The van der Waals surface area contributed by atoms with Crippen LogP contribution in [-0.2, 0) is 4.79 Å². The highest BCUT2D eigenvalue weighted by atomic mass is 35.5. The summed E-state index contributed by atoms with van der Waals surface area (Å²) in [6.07, 6.45) is 7.73. The average Bonchev–Trinajstić information content (AvgIpc) is 3.25. The minimum absolute atomic E-state index is 0.216. The summed E-state index contributed by atoms with van der Waals surface area (Å²) < 4.78 is 0. The van der Waals surface area contributed by atoms with Crippen LogP contribution in [0.3, 0.4) is 0 Å². The van der Waals surface area contributed by atoms with Gasteiger partial charge < -0.3 is 11.1 Å². The van der Waals surface area contributed by atoms with E-state index in [0.717, 1.165) is 43.6 Å². The van der Waals surface area contributed by atoms with E-state index in [4.69, 9.17) is 17.3 Å². The van der Waals surface area contributed by atoms with Crippen molar-refractivity contribution in [2.75, 3.05) is 0 Å². The van der Waals surface area contributed by atoms with E-state index in [1.165, 1.54) is 0 Å². The molecule has 0 saturated heterocycles. The van der Waals surface area contributed by atoms with E-state index in [2.05, 4.69) is 10.3 Å². The van der Waals surface area contributed by atoms with Gasteiger partial charge in [0.05, 0.1) is 10.6 Å². The summed E-state index contributed by atoms with van der Waals surface area (Å²) >= 11 is 7.85. The van der Waals surface area contributed by atoms with Crippen molar-refractivity contribution >= 4 is 29.3 Å². The van der Waals surface area contributed by atoms with Crippen LogP contribution in [0.25, 0.3) is 0 Å². The van der Waals surface area contributed by atoms with Crippen LogP contribution >= 0.6 is 23.4 Å². The molecule has 21 heavy (non-hydrogen) atoms. The highest BCUT2D eigenvalue weighted by molar-refractivity contribution is 8.00. The number of hydrogen-bond acceptors (Lipinski definition) is 4. The highest BCUT2D eigenvalue weighted by Gasteiger charge is 2.44. The minimum atomic E-state index is -0.543. The molecule has 1 heterocycles. The number of nitrogens with zero attached hydrogens (tertiary/aromatic N) is 1. The van der Waals surface area contributed by atoms with E-state index < -0.39 is 5.54 Å².